The predicted octanol–water partition coefficient (Wildman–Crippen LogP) is 3.77. The van der Waals surface area contributed by atoms with E-state index in [1.807, 2.05) is 29.7 Å². The zero-order valence-electron chi connectivity index (χ0n) is 15.0. The summed E-state index contributed by atoms with van der Waals surface area (Å²) in [6, 6.07) is 10.3. The van der Waals surface area contributed by atoms with Crippen LogP contribution in [0.3, 0.4) is 0 Å². The molecular formula is C21H23N3O. The van der Waals surface area contributed by atoms with E-state index < -0.39 is 0 Å². The van der Waals surface area contributed by atoms with E-state index in [2.05, 4.69) is 43.9 Å². The number of nitrogens with one attached hydrogen (secondary N) is 1. The van der Waals surface area contributed by atoms with Crippen molar-refractivity contribution >= 4 is 11.6 Å². The van der Waals surface area contributed by atoms with Gasteiger partial charge >= 0.3 is 0 Å². The number of imidazole rings is 1. The normalized spacial score (nSPS) is 10.8. The van der Waals surface area contributed by atoms with Gasteiger partial charge in [-0.15, -0.1) is 6.58 Å². The summed E-state index contributed by atoms with van der Waals surface area (Å²) in [6.07, 6.45) is 3.93. The van der Waals surface area contributed by atoms with E-state index in [9.17, 15) is 4.79 Å². The van der Waals surface area contributed by atoms with Gasteiger partial charge in [-0.2, -0.15) is 0 Å². The van der Waals surface area contributed by atoms with Crippen LogP contribution in [0.5, 0.6) is 0 Å². The fourth-order valence-electron chi connectivity index (χ4n) is 2.94. The van der Waals surface area contributed by atoms with Gasteiger partial charge in [0.05, 0.1) is 17.8 Å². The molecule has 0 radical (unpaired) electrons. The number of fused-ring (bicyclic) bond motifs is 1. The maximum Gasteiger partial charge on any atom is 0.226 e. The maximum atomic E-state index is 12.3. The van der Waals surface area contributed by atoms with Gasteiger partial charge in [0.2, 0.25) is 5.91 Å². The van der Waals surface area contributed by atoms with Gasteiger partial charge in [0.25, 0.3) is 0 Å². The minimum absolute atomic E-state index is 0.0340. The van der Waals surface area contributed by atoms with Gasteiger partial charge in [0.15, 0.2) is 0 Å². The van der Waals surface area contributed by atoms with E-state index in [-0.39, 0.29) is 12.3 Å². The molecule has 4 nitrogen and oxygen atoms in total. The van der Waals surface area contributed by atoms with Gasteiger partial charge in [-0.05, 0) is 49.6 Å². The molecule has 3 aromatic rings. The van der Waals surface area contributed by atoms with Crippen LogP contribution in [0.1, 0.15) is 22.4 Å². The second kappa shape index (κ2) is 6.93. The van der Waals surface area contributed by atoms with Crippen molar-refractivity contribution in [2.45, 2.75) is 27.2 Å². The molecule has 128 valence electrons. The zero-order chi connectivity index (χ0) is 18.0. The van der Waals surface area contributed by atoms with Crippen molar-refractivity contribution in [3.63, 3.8) is 0 Å². The molecule has 1 amide bonds. The van der Waals surface area contributed by atoms with Crippen molar-refractivity contribution in [2.75, 3.05) is 6.54 Å². The lowest BCUT2D eigenvalue weighted by Gasteiger charge is -2.08. The van der Waals surface area contributed by atoms with Gasteiger partial charge in [-0.1, -0.05) is 24.3 Å². The smallest absolute Gasteiger partial charge is 0.226 e. The molecule has 1 aromatic carbocycles. The summed E-state index contributed by atoms with van der Waals surface area (Å²) >= 11 is 0. The van der Waals surface area contributed by atoms with E-state index in [4.69, 9.17) is 4.98 Å². The van der Waals surface area contributed by atoms with Crippen LogP contribution in [0.15, 0.2) is 49.2 Å². The number of amides is 1. The molecule has 0 aliphatic carbocycles. The molecule has 4 heteroatoms. The number of carbonyl (C=O) groups excluding carboxylic acids is 1. The molecule has 0 aliphatic rings. The van der Waals surface area contributed by atoms with Crippen LogP contribution in [-0.4, -0.2) is 21.8 Å². The molecule has 1 N–H and O–H groups in total. The number of pyridine rings is 1. The fraction of sp³-hybridized carbons (Fsp3) is 0.238. The Labute approximate surface area is 148 Å². The van der Waals surface area contributed by atoms with Crippen molar-refractivity contribution in [1.29, 1.82) is 0 Å². The number of rotatable bonds is 5. The molecular weight excluding hydrogens is 310 g/mol. The van der Waals surface area contributed by atoms with Crippen LogP contribution in [0.4, 0.5) is 0 Å². The molecule has 0 aliphatic heterocycles. The first-order valence-electron chi connectivity index (χ1n) is 8.43. The molecule has 2 heterocycles. The van der Waals surface area contributed by atoms with E-state index in [1.165, 1.54) is 11.1 Å². The zero-order valence-corrected chi connectivity index (χ0v) is 15.0. The minimum atomic E-state index is -0.0340. The number of aryl methyl sites for hydroxylation is 3. The highest BCUT2D eigenvalue weighted by molar-refractivity contribution is 5.82. The second-order valence-corrected chi connectivity index (χ2v) is 6.36. The number of benzene rings is 1. The summed E-state index contributed by atoms with van der Waals surface area (Å²) < 4.78 is 2.02. The van der Waals surface area contributed by atoms with Gasteiger partial charge in [-0.3, -0.25) is 4.79 Å². The Morgan fingerprint density at radius 3 is 2.72 bits per heavy atom. The first-order valence-corrected chi connectivity index (χ1v) is 8.43. The molecule has 0 saturated heterocycles. The van der Waals surface area contributed by atoms with Crippen LogP contribution in [-0.2, 0) is 11.2 Å². The van der Waals surface area contributed by atoms with Gasteiger partial charge in [0.1, 0.15) is 5.65 Å². The van der Waals surface area contributed by atoms with Crippen molar-refractivity contribution in [2.24, 2.45) is 0 Å². The van der Waals surface area contributed by atoms with Crippen LogP contribution in [0, 0.1) is 20.8 Å². The van der Waals surface area contributed by atoms with Gasteiger partial charge in [0, 0.05) is 18.3 Å². The highest BCUT2D eigenvalue weighted by atomic mass is 16.1. The predicted molar refractivity (Wildman–Crippen MR) is 102 cm³/mol. The van der Waals surface area contributed by atoms with Crippen LogP contribution < -0.4 is 5.32 Å². The molecule has 0 atom stereocenters. The first-order chi connectivity index (χ1) is 12.0. The summed E-state index contributed by atoms with van der Waals surface area (Å²) in [5, 5.41) is 2.85. The Kier molecular flexibility index (Phi) is 4.70. The number of hydrogen-bond acceptors (Lipinski definition) is 2. The molecule has 0 spiro atoms. The summed E-state index contributed by atoms with van der Waals surface area (Å²) in [7, 11) is 0. The van der Waals surface area contributed by atoms with Crippen molar-refractivity contribution in [3.8, 4) is 11.3 Å². The lowest BCUT2D eigenvalue weighted by atomic mass is 10.0. The van der Waals surface area contributed by atoms with Crippen LogP contribution >= 0.6 is 0 Å². The fourth-order valence-corrected chi connectivity index (χ4v) is 2.94. The summed E-state index contributed by atoms with van der Waals surface area (Å²) in [5.41, 5.74) is 7.25. The van der Waals surface area contributed by atoms with Crippen molar-refractivity contribution in [3.05, 3.63) is 71.6 Å². The summed E-state index contributed by atoms with van der Waals surface area (Å²) in [5.74, 6) is -0.0340. The Morgan fingerprint density at radius 1 is 1.20 bits per heavy atom. The topological polar surface area (TPSA) is 46.4 Å². The van der Waals surface area contributed by atoms with E-state index in [0.717, 1.165) is 28.2 Å². The average Bonchev–Trinajstić information content (AvgIpc) is 2.95. The third kappa shape index (κ3) is 3.33. The van der Waals surface area contributed by atoms with Gasteiger partial charge < -0.3 is 9.72 Å². The molecule has 0 saturated carbocycles. The van der Waals surface area contributed by atoms with Crippen molar-refractivity contribution in [1.82, 2.24) is 14.7 Å². The molecule has 0 fully saturated rings. The summed E-state index contributed by atoms with van der Waals surface area (Å²) in [6.45, 7) is 10.3. The molecule has 0 bridgehead atoms. The highest BCUT2D eigenvalue weighted by Crippen LogP contribution is 2.27. The van der Waals surface area contributed by atoms with E-state index >= 15 is 0 Å². The number of carbonyl (C=O) groups is 1. The largest absolute Gasteiger partial charge is 0.352 e. The lowest BCUT2D eigenvalue weighted by Crippen LogP contribution is -2.25. The number of nitrogens with zero attached hydrogens (tertiary/aromatic N) is 2. The van der Waals surface area contributed by atoms with Crippen LogP contribution in [0.25, 0.3) is 16.9 Å². The van der Waals surface area contributed by atoms with E-state index in [0.29, 0.717) is 6.54 Å². The van der Waals surface area contributed by atoms with Crippen molar-refractivity contribution < 1.29 is 4.79 Å². The second-order valence-electron chi connectivity index (χ2n) is 6.36. The highest BCUT2D eigenvalue weighted by Gasteiger charge is 2.18. The molecule has 25 heavy (non-hydrogen) atoms. The molecule has 2 aromatic heterocycles. The van der Waals surface area contributed by atoms with E-state index in [1.54, 1.807) is 6.08 Å². The standard InChI is InChI=1S/C21H23N3O/c1-5-10-22-19(25)13-18-20(17-9-8-14(2)16(4)12-17)23-21-15(3)7-6-11-24(18)21/h5-9,11-12H,1,10,13H2,2-4H3,(H,22,25). The minimum Gasteiger partial charge on any atom is -0.352 e. The quantitative estimate of drug-likeness (QED) is 0.723. The third-order valence-corrected chi connectivity index (χ3v) is 4.50. The van der Waals surface area contributed by atoms with Crippen LogP contribution in [0.2, 0.25) is 0 Å². The molecule has 3 rings (SSSR count). The number of aromatic nitrogens is 2. The Hall–Kier alpha value is -2.88. The Morgan fingerprint density at radius 2 is 2.00 bits per heavy atom. The number of hydrogen-bond donors (Lipinski definition) is 1. The first kappa shape index (κ1) is 17.0. The van der Waals surface area contributed by atoms with Gasteiger partial charge in [-0.25, -0.2) is 4.98 Å². The maximum absolute atomic E-state index is 12.3. The molecule has 0 unspecified atom stereocenters. The third-order valence-electron chi connectivity index (χ3n) is 4.50. The average molecular weight is 333 g/mol. The summed E-state index contributed by atoms with van der Waals surface area (Å²) in [4.78, 5) is 17.2. The SMILES string of the molecule is C=CCNC(=O)Cc1c(-c2ccc(C)c(C)c2)nc2c(C)cccn12. The monoisotopic (exact) mass is 333 g/mol. The Balaban J connectivity index is 2.14. The lowest BCUT2D eigenvalue weighted by molar-refractivity contribution is -0.120. The Bertz CT molecular complexity index is 953.